The van der Waals surface area contributed by atoms with E-state index in [0.29, 0.717) is 6.42 Å². The van der Waals surface area contributed by atoms with Crippen LogP contribution in [0.1, 0.15) is 40.0 Å². The maximum atomic E-state index is 12.7. The Labute approximate surface area is 67.0 Å². The first-order valence-electron chi connectivity index (χ1n) is 4.19. The molecule has 0 nitrogen and oxygen atoms in total. The van der Waals surface area contributed by atoms with Crippen LogP contribution in [0.2, 0.25) is 0 Å². The van der Waals surface area contributed by atoms with Gasteiger partial charge in [0.05, 0.1) is 0 Å². The van der Waals surface area contributed by atoms with Crippen LogP contribution in [-0.2, 0) is 0 Å². The zero-order valence-corrected chi connectivity index (χ0v) is 7.45. The molecule has 1 aliphatic rings. The lowest BCUT2D eigenvalue weighted by Gasteiger charge is -2.26. The summed E-state index contributed by atoms with van der Waals surface area (Å²) < 4.78 is 25.4. The van der Waals surface area contributed by atoms with Crippen molar-refractivity contribution in [3.05, 3.63) is 0 Å². The van der Waals surface area contributed by atoms with Gasteiger partial charge < -0.3 is 0 Å². The van der Waals surface area contributed by atoms with E-state index >= 15 is 0 Å². The number of hydrogen-bond donors (Lipinski definition) is 0. The third-order valence-corrected chi connectivity index (χ3v) is 2.63. The fourth-order valence-corrected chi connectivity index (χ4v) is 1.69. The molecule has 0 aromatic rings. The van der Waals surface area contributed by atoms with Crippen molar-refractivity contribution in [3.8, 4) is 0 Å². The number of halogens is 2. The molecular weight excluding hydrogens is 146 g/mol. The molecule has 0 N–H and O–H groups in total. The Kier molecular flexibility index (Phi) is 1.97. The Hall–Kier alpha value is -0.140. The lowest BCUT2D eigenvalue weighted by molar-refractivity contribution is -0.000954. The highest BCUT2D eigenvalue weighted by Gasteiger charge is 2.43. The van der Waals surface area contributed by atoms with E-state index in [1.165, 1.54) is 0 Å². The molecule has 0 spiro atoms. The molecule has 0 bridgehead atoms. The van der Waals surface area contributed by atoms with Gasteiger partial charge in [0.25, 0.3) is 0 Å². The van der Waals surface area contributed by atoms with Crippen LogP contribution in [0.15, 0.2) is 0 Å². The van der Waals surface area contributed by atoms with Gasteiger partial charge in [0, 0.05) is 12.8 Å². The van der Waals surface area contributed by atoms with E-state index < -0.39 is 5.92 Å². The van der Waals surface area contributed by atoms with Crippen molar-refractivity contribution >= 4 is 0 Å². The molecule has 0 aromatic heterocycles. The van der Waals surface area contributed by atoms with Gasteiger partial charge in [-0.25, -0.2) is 8.78 Å². The average molecular weight is 162 g/mol. The van der Waals surface area contributed by atoms with Gasteiger partial charge in [-0.15, -0.1) is 0 Å². The molecule has 66 valence electrons. The van der Waals surface area contributed by atoms with Gasteiger partial charge in [0.2, 0.25) is 5.92 Å². The van der Waals surface area contributed by atoms with E-state index in [9.17, 15) is 8.78 Å². The molecule has 1 saturated carbocycles. The predicted octanol–water partition coefficient (Wildman–Crippen LogP) is 3.47. The Morgan fingerprint density at radius 3 is 2.00 bits per heavy atom. The van der Waals surface area contributed by atoms with E-state index in [4.69, 9.17) is 0 Å². The quantitative estimate of drug-likeness (QED) is 0.511. The zero-order chi connectivity index (χ0) is 8.70. The summed E-state index contributed by atoms with van der Waals surface area (Å²) in [6.07, 6.45) is 0.877. The number of rotatable bonds is 0. The summed E-state index contributed by atoms with van der Waals surface area (Å²) in [5, 5.41) is 0. The maximum Gasteiger partial charge on any atom is 0.248 e. The van der Waals surface area contributed by atoms with Crippen LogP contribution in [0.5, 0.6) is 0 Å². The van der Waals surface area contributed by atoms with Crippen LogP contribution in [0.25, 0.3) is 0 Å². The van der Waals surface area contributed by atoms with Gasteiger partial charge in [-0.1, -0.05) is 20.8 Å². The van der Waals surface area contributed by atoms with Crippen LogP contribution in [0, 0.1) is 11.3 Å². The summed E-state index contributed by atoms with van der Waals surface area (Å²) in [6, 6.07) is 0. The Morgan fingerprint density at radius 2 is 1.82 bits per heavy atom. The Morgan fingerprint density at radius 1 is 1.27 bits per heavy atom. The fraction of sp³-hybridized carbons (Fsp3) is 1.00. The molecular formula is C9H16F2. The van der Waals surface area contributed by atoms with Crippen LogP contribution in [-0.4, -0.2) is 5.92 Å². The van der Waals surface area contributed by atoms with Gasteiger partial charge in [-0.05, 0) is 17.8 Å². The van der Waals surface area contributed by atoms with Crippen molar-refractivity contribution in [2.45, 2.75) is 46.0 Å². The largest absolute Gasteiger partial charge is 0.248 e. The third kappa shape index (κ3) is 2.14. The second-order valence-electron chi connectivity index (χ2n) is 4.66. The molecule has 2 heteroatoms. The summed E-state index contributed by atoms with van der Waals surface area (Å²) >= 11 is 0. The summed E-state index contributed by atoms with van der Waals surface area (Å²) in [6.45, 7) is 6.12. The minimum absolute atomic E-state index is 0.0555. The molecule has 11 heavy (non-hydrogen) atoms. The molecule has 0 radical (unpaired) electrons. The molecule has 1 fully saturated rings. The summed E-state index contributed by atoms with van der Waals surface area (Å²) in [5.41, 5.74) is 0.0555. The van der Waals surface area contributed by atoms with Gasteiger partial charge >= 0.3 is 0 Å². The van der Waals surface area contributed by atoms with E-state index in [1.54, 1.807) is 0 Å². The van der Waals surface area contributed by atoms with Crippen molar-refractivity contribution in [2.75, 3.05) is 0 Å². The maximum absolute atomic E-state index is 12.7. The highest BCUT2D eigenvalue weighted by atomic mass is 19.3. The second-order valence-corrected chi connectivity index (χ2v) is 4.66. The topological polar surface area (TPSA) is 0 Å². The summed E-state index contributed by atoms with van der Waals surface area (Å²) in [5.74, 6) is -2.17. The van der Waals surface area contributed by atoms with Gasteiger partial charge in [0.1, 0.15) is 0 Å². The standard InChI is InChI=1S/C9H16F2/c1-8(2,3)7-4-5-9(10,11)6-7/h7H,4-6H2,1-3H3/t7-/m0/s1. The van der Waals surface area contributed by atoms with Crippen LogP contribution in [0.3, 0.4) is 0 Å². The zero-order valence-electron chi connectivity index (χ0n) is 7.45. The molecule has 0 amide bonds. The average Bonchev–Trinajstić information content (AvgIpc) is 2.07. The predicted molar refractivity (Wildman–Crippen MR) is 41.7 cm³/mol. The Balaban J connectivity index is 2.55. The van der Waals surface area contributed by atoms with E-state index in [0.717, 1.165) is 0 Å². The van der Waals surface area contributed by atoms with Gasteiger partial charge in [0.15, 0.2) is 0 Å². The van der Waals surface area contributed by atoms with Gasteiger partial charge in [-0.2, -0.15) is 0 Å². The van der Waals surface area contributed by atoms with Crippen molar-refractivity contribution < 1.29 is 8.78 Å². The SMILES string of the molecule is CC(C)(C)[C@H]1CCC(F)(F)C1. The minimum atomic E-state index is -2.38. The van der Waals surface area contributed by atoms with Crippen LogP contribution in [0.4, 0.5) is 8.78 Å². The lowest BCUT2D eigenvalue weighted by Crippen LogP contribution is -2.19. The lowest BCUT2D eigenvalue weighted by atomic mass is 9.80. The third-order valence-electron chi connectivity index (χ3n) is 2.63. The number of alkyl halides is 2. The molecule has 0 aliphatic heterocycles. The smallest absolute Gasteiger partial charge is 0.207 e. The molecule has 1 aliphatic carbocycles. The van der Waals surface area contributed by atoms with Crippen molar-refractivity contribution in [1.29, 1.82) is 0 Å². The minimum Gasteiger partial charge on any atom is -0.207 e. The van der Waals surface area contributed by atoms with E-state index in [-0.39, 0.29) is 24.2 Å². The number of hydrogen-bond acceptors (Lipinski definition) is 0. The highest BCUT2D eigenvalue weighted by Crippen LogP contribution is 2.46. The molecule has 0 aromatic carbocycles. The van der Waals surface area contributed by atoms with Crippen molar-refractivity contribution in [3.63, 3.8) is 0 Å². The monoisotopic (exact) mass is 162 g/mol. The first-order chi connectivity index (χ1) is 4.81. The molecule has 1 atom stereocenters. The molecule has 0 saturated heterocycles. The second kappa shape index (κ2) is 2.43. The Bertz CT molecular complexity index is 144. The molecule has 0 unspecified atom stereocenters. The van der Waals surface area contributed by atoms with Gasteiger partial charge in [-0.3, -0.25) is 0 Å². The van der Waals surface area contributed by atoms with Crippen molar-refractivity contribution in [2.24, 2.45) is 11.3 Å². The van der Waals surface area contributed by atoms with E-state index in [2.05, 4.69) is 0 Å². The molecule has 1 rings (SSSR count). The normalized spacial score (nSPS) is 30.8. The summed E-state index contributed by atoms with van der Waals surface area (Å²) in [4.78, 5) is 0. The van der Waals surface area contributed by atoms with Crippen LogP contribution < -0.4 is 0 Å². The van der Waals surface area contributed by atoms with E-state index in [1.807, 2.05) is 20.8 Å². The first-order valence-corrected chi connectivity index (χ1v) is 4.19. The summed E-state index contributed by atoms with van der Waals surface area (Å²) in [7, 11) is 0. The van der Waals surface area contributed by atoms with Crippen molar-refractivity contribution in [1.82, 2.24) is 0 Å². The molecule has 0 heterocycles. The highest BCUT2D eigenvalue weighted by molar-refractivity contribution is 4.87. The fourth-order valence-electron chi connectivity index (χ4n) is 1.69. The van der Waals surface area contributed by atoms with Crippen LogP contribution >= 0.6 is 0 Å². The first kappa shape index (κ1) is 8.95.